The molecule has 0 saturated heterocycles. The molecule has 1 N–H and O–H groups in total. The molecule has 1 amide bonds. The van der Waals surface area contributed by atoms with E-state index >= 15 is 0 Å². The topological polar surface area (TPSA) is 76.9 Å². The van der Waals surface area contributed by atoms with Gasteiger partial charge < -0.3 is 5.32 Å². The van der Waals surface area contributed by atoms with Crippen molar-refractivity contribution in [2.75, 3.05) is 5.32 Å². The van der Waals surface area contributed by atoms with Crippen molar-refractivity contribution in [3.8, 4) is 0 Å². The monoisotopic (exact) mass is 384 g/mol. The van der Waals surface area contributed by atoms with Crippen molar-refractivity contribution >= 4 is 55.0 Å². The molecule has 0 aliphatic carbocycles. The molecule has 1 aromatic carbocycles. The van der Waals surface area contributed by atoms with Crippen molar-refractivity contribution in [1.29, 1.82) is 0 Å². The summed E-state index contributed by atoms with van der Waals surface area (Å²) in [5.74, 6) is -0.349. The fourth-order valence-corrected chi connectivity index (χ4v) is 4.01. The molecule has 6 nitrogen and oxygen atoms in total. The van der Waals surface area contributed by atoms with Crippen molar-refractivity contribution in [3.63, 3.8) is 0 Å². The number of hydrogen-bond acceptors (Lipinski definition) is 5. The van der Waals surface area contributed by atoms with Crippen LogP contribution >= 0.6 is 22.9 Å². The number of aryl methyl sites for hydroxylation is 1. The number of hydrogen-bond donors (Lipinski definition) is 1. The van der Waals surface area contributed by atoms with E-state index in [1.807, 2.05) is 19.1 Å². The van der Waals surface area contributed by atoms with Crippen molar-refractivity contribution in [2.45, 2.75) is 13.5 Å². The van der Waals surface area contributed by atoms with E-state index in [0.717, 1.165) is 15.8 Å². The number of carbonyl (C=O) groups excluding carboxylic acids is 1. The van der Waals surface area contributed by atoms with Gasteiger partial charge in [-0.3, -0.25) is 14.2 Å². The lowest BCUT2D eigenvalue weighted by Crippen LogP contribution is -2.27. The molecule has 3 heterocycles. The van der Waals surface area contributed by atoms with Gasteiger partial charge in [-0.15, -0.1) is 11.3 Å². The fourth-order valence-electron chi connectivity index (χ4n) is 2.68. The number of nitrogens with one attached hydrogen (secondary N) is 1. The maximum atomic E-state index is 12.7. The highest BCUT2D eigenvalue weighted by atomic mass is 35.5. The maximum absolute atomic E-state index is 12.7. The van der Waals surface area contributed by atoms with Gasteiger partial charge in [-0.2, -0.15) is 0 Å². The maximum Gasteiger partial charge on any atom is 0.271 e. The van der Waals surface area contributed by atoms with Crippen molar-refractivity contribution in [2.24, 2.45) is 0 Å². The lowest BCUT2D eigenvalue weighted by molar-refractivity contribution is -0.116. The van der Waals surface area contributed by atoms with E-state index in [1.165, 1.54) is 22.2 Å². The molecule has 0 saturated carbocycles. The van der Waals surface area contributed by atoms with Crippen LogP contribution in [-0.2, 0) is 11.3 Å². The second-order valence-corrected chi connectivity index (χ2v) is 7.25. The van der Waals surface area contributed by atoms with Crippen LogP contribution in [-0.4, -0.2) is 20.4 Å². The molecule has 0 radical (unpaired) electrons. The van der Waals surface area contributed by atoms with Gasteiger partial charge >= 0.3 is 0 Å². The number of anilines is 1. The van der Waals surface area contributed by atoms with Crippen LogP contribution in [0.25, 0.3) is 20.4 Å². The molecule has 3 aromatic heterocycles. The Hall–Kier alpha value is -2.77. The van der Waals surface area contributed by atoms with Gasteiger partial charge in [0.2, 0.25) is 5.91 Å². The molecule has 4 aromatic rings. The molecule has 130 valence electrons. The smallest absolute Gasteiger partial charge is 0.271 e. The molecule has 0 fully saturated rings. The Labute approximate surface area is 157 Å². The van der Waals surface area contributed by atoms with E-state index in [-0.39, 0.29) is 18.0 Å². The van der Waals surface area contributed by atoms with Gasteiger partial charge in [0, 0.05) is 11.6 Å². The van der Waals surface area contributed by atoms with E-state index in [4.69, 9.17) is 11.6 Å². The number of fused-ring (bicyclic) bond motifs is 3. The van der Waals surface area contributed by atoms with E-state index in [0.29, 0.717) is 20.9 Å². The number of carbonyl (C=O) groups is 1. The van der Waals surface area contributed by atoms with E-state index in [9.17, 15) is 9.59 Å². The van der Waals surface area contributed by atoms with Crippen LogP contribution in [0.4, 0.5) is 5.69 Å². The summed E-state index contributed by atoms with van der Waals surface area (Å²) in [5, 5.41) is 4.01. The van der Waals surface area contributed by atoms with Crippen LogP contribution in [0.15, 0.2) is 47.7 Å². The highest BCUT2D eigenvalue weighted by molar-refractivity contribution is 7.25. The number of aromatic nitrogens is 3. The Balaban J connectivity index is 1.64. The molecule has 0 aliphatic heterocycles. The lowest BCUT2D eigenvalue weighted by atomic mass is 10.2. The third-order valence-electron chi connectivity index (χ3n) is 3.93. The number of rotatable bonds is 3. The predicted molar refractivity (Wildman–Crippen MR) is 104 cm³/mol. The predicted octanol–water partition coefficient (Wildman–Crippen LogP) is 3.61. The summed E-state index contributed by atoms with van der Waals surface area (Å²) in [7, 11) is 0. The summed E-state index contributed by atoms with van der Waals surface area (Å²) in [4.78, 5) is 34.4. The molecule has 4 rings (SSSR count). The second kappa shape index (κ2) is 6.51. The van der Waals surface area contributed by atoms with Gasteiger partial charge in [-0.1, -0.05) is 17.7 Å². The zero-order valence-electron chi connectivity index (χ0n) is 13.7. The molecule has 0 unspecified atom stereocenters. The van der Waals surface area contributed by atoms with Gasteiger partial charge in [0.05, 0.1) is 22.6 Å². The number of nitrogens with zero attached hydrogens (tertiary/aromatic N) is 3. The normalized spacial score (nSPS) is 11.2. The van der Waals surface area contributed by atoms with Gasteiger partial charge in [0.15, 0.2) is 0 Å². The third kappa shape index (κ3) is 2.95. The van der Waals surface area contributed by atoms with Gasteiger partial charge in [-0.05, 0) is 36.8 Å². The van der Waals surface area contributed by atoms with Gasteiger partial charge in [0.25, 0.3) is 5.56 Å². The molecule has 0 bridgehead atoms. The van der Waals surface area contributed by atoms with Crippen molar-refractivity contribution in [3.05, 3.63) is 63.8 Å². The molecule has 0 aliphatic rings. The minimum Gasteiger partial charge on any atom is -0.323 e. The Kier molecular flexibility index (Phi) is 4.18. The Morgan fingerprint density at radius 3 is 2.96 bits per heavy atom. The Morgan fingerprint density at radius 1 is 1.31 bits per heavy atom. The average Bonchev–Trinajstić information content (AvgIpc) is 2.99. The van der Waals surface area contributed by atoms with Crippen LogP contribution in [0.2, 0.25) is 5.02 Å². The summed E-state index contributed by atoms with van der Waals surface area (Å²) in [5.41, 5.74) is 1.86. The standard InChI is InChI=1S/C18H13ClN4O2S/c1-10-4-5-13(12(19)7-10)22-14(24)8-23-9-21-15-11-3-2-6-20-17(11)26-16(15)18(23)25/h2-7,9H,8H2,1H3,(H,22,24). The number of pyridine rings is 1. The quantitative estimate of drug-likeness (QED) is 0.585. The molecule has 0 atom stereocenters. The summed E-state index contributed by atoms with van der Waals surface area (Å²) in [6, 6.07) is 9.04. The van der Waals surface area contributed by atoms with E-state index in [1.54, 1.807) is 24.4 Å². The second-order valence-electron chi connectivity index (χ2n) is 5.85. The SMILES string of the molecule is Cc1ccc(NC(=O)Cn2cnc3c(sc4ncccc43)c2=O)c(Cl)c1. The first-order valence-corrected chi connectivity index (χ1v) is 9.01. The van der Waals surface area contributed by atoms with Crippen molar-refractivity contribution < 1.29 is 4.79 Å². The Morgan fingerprint density at radius 2 is 2.15 bits per heavy atom. The largest absolute Gasteiger partial charge is 0.323 e. The first kappa shape index (κ1) is 16.7. The van der Waals surface area contributed by atoms with Crippen LogP contribution in [0.3, 0.4) is 0 Å². The van der Waals surface area contributed by atoms with Crippen LogP contribution < -0.4 is 10.9 Å². The summed E-state index contributed by atoms with van der Waals surface area (Å²) in [6.45, 7) is 1.77. The summed E-state index contributed by atoms with van der Waals surface area (Å²) in [6.07, 6.45) is 3.06. The molecular formula is C18H13ClN4O2S. The minimum atomic E-state index is -0.349. The van der Waals surface area contributed by atoms with E-state index < -0.39 is 0 Å². The van der Waals surface area contributed by atoms with E-state index in [2.05, 4.69) is 15.3 Å². The van der Waals surface area contributed by atoms with Crippen LogP contribution in [0.5, 0.6) is 0 Å². The Bertz CT molecular complexity index is 1210. The lowest BCUT2D eigenvalue weighted by Gasteiger charge is -2.09. The molecule has 26 heavy (non-hydrogen) atoms. The minimum absolute atomic E-state index is 0.145. The first-order valence-electron chi connectivity index (χ1n) is 7.81. The molecule has 0 spiro atoms. The van der Waals surface area contributed by atoms with Gasteiger partial charge in [0.1, 0.15) is 16.1 Å². The summed E-state index contributed by atoms with van der Waals surface area (Å²) < 4.78 is 1.78. The number of thiophene rings is 1. The number of benzene rings is 1. The average molecular weight is 385 g/mol. The number of halogens is 1. The first-order chi connectivity index (χ1) is 12.5. The zero-order chi connectivity index (χ0) is 18.3. The molecule has 8 heteroatoms. The number of amides is 1. The highest BCUT2D eigenvalue weighted by Gasteiger charge is 2.14. The summed E-state index contributed by atoms with van der Waals surface area (Å²) >= 11 is 7.41. The third-order valence-corrected chi connectivity index (χ3v) is 5.34. The van der Waals surface area contributed by atoms with Crippen LogP contribution in [0.1, 0.15) is 5.56 Å². The highest BCUT2D eigenvalue weighted by Crippen LogP contribution is 2.28. The van der Waals surface area contributed by atoms with Crippen LogP contribution in [0, 0.1) is 6.92 Å². The van der Waals surface area contributed by atoms with Crippen molar-refractivity contribution in [1.82, 2.24) is 14.5 Å². The van der Waals surface area contributed by atoms with Gasteiger partial charge in [-0.25, -0.2) is 9.97 Å². The fraction of sp³-hybridized carbons (Fsp3) is 0.111. The molecular weight excluding hydrogens is 372 g/mol. The zero-order valence-corrected chi connectivity index (χ0v) is 15.3.